The summed E-state index contributed by atoms with van der Waals surface area (Å²) in [4.78, 5) is 2.22. The van der Waals surface area contributed by atoms with Gasteiger partial charge < -0.3 is 15.0 Å². The highest BCUT2D eigenvalue weighted by Crippen LogP contribution is 2.24. The van der Waals surface area contributed by atoms with E-state index in [-0.39, 0.29) is 0 Å². The molecule has 1 aromatic rings. The van der Waals surface area contributed by atoms with Crippen LogP contribution >= 0.6 is 0 Å². The zero-order chi connectivity index (χ0) is 15.7. The summed E-state index contributed by atoms with van der Waals surface area (Å²) in [6.45, 7) is 6.64. The van der Waals surface area contributed by atoms with Crippen LogP contribution in [-0.4, -0.2) is 33.4 Å². The Morgan fingerprint density at radius 2 is 2.05 bits per heavy atom. The van der Waals surface area contributed by atoms with Crippen LogP contribution < -0.4 is 10.2 Å². The van der Waals surface area contributed by atoms with E-state index in [1.54, 1.807) is 7.11 Å². The number of anilines is 1. The van der Waals surface area contributed by atoms with E-state index in [4.69, 9.17) is 4.74 Å². The fraction of sp³-hybridized carbons (Fsp3) is 0.588. The van der Waals surface area contributed by atoms with Crippen LogP contribution in [0.25, 0.3) is 0 Å². The quantitative estimate of drug-likeness (QED) is 0.710. The summed E-state index contributed by atoms with van der Waals surface area (Å²) in [6, 6.07) is 8.93. The molecule has 0 aromatic heterocycles. The highest BCUT2D eigenvalue weighted by Gasteiger charge is 2.14. The van der Waals surface area contributed by atoms with E-state index in [0.717, 1.165) is 42.7 Å². The molecule has 0 atom stereocenters. The Morgan fingerprint density at radius 1 is 1.33 bits per heavy atom. The molecule has 0 aliphatic carbocycles. The lowest BCUT2D eigenvalue weighted by Crippen LogP contribution is -2.31. The van der Waals surface area contributed by atoms with Gasteiger partial charge in [0.15, 0.2) is 0 Å². The average Bonchev–Trinajstić information content (AvgIpc) is 2.52. The SMILES string of the molecule is CCC(CC)N(C)c1ccc(CNCCOC)cc1C#N. The summed E-state index contributed by atoms with van der Waals surface area (Å²) in [7, 11) is 3.77. The van der Waals surface area contributed by atoms with Crippen LogP contribution in [0.15, 0.2) is 18.2 Å². The Morgan fingerprint density at radius 3 is 2.62 bits per heavy atom. The molecular formula is C17H27N3O. The van der Waals surface area contributed by atoms with Crippen LogP contribution in [0.1, 0.15) is 37.8 Å². The Hall–Kier alpha value is -1.57. The van der Waals surface area contributed by atoms with Crippen molar-refractivity contribution < 1.29 is 4.74 Å². The first-order chi connectivity index (χ1) is 10.2. The number of nitrogens with zero attached hydrogens (tertiary/aromatic N) is 2. The predicted molar refractivity (Wildman–Crippen MR) is 87.5 cm³/mol. The van der Waals surface area contributed by atoms with E-state index in [9.17, 15) is 5.26 Å². The molecule has 0 saturated carbocycles. The minimum Gasteiger partial charge on any atom is -0.383 e. The Kier molecular flexibility index (Phi) is 7.81. The average molecular weight is 289 g/mol. The topological polar surface area (TPSA) is 48.3 Å². The fourth-order valence-electron chi connectivity index (χ4n) is 2.53. The van der Waals surface area contributed by atoms with E-state index in [1.165, 1.54) is 0 Å². The number of hydrogen-bond donors (Lipinski definition) is 1. The van der Waals surface area contributed by atoms with Crippen molar-refractivity contribution in [3.05, 3.63) is 29.3 Å². The molecular weight excluding hydrogens is 262 g/mol. The summed E-state index contributed by atoms with van der Waals surface area (Å²) in [5, 5.41) is 12.7. The number of rotatable bonds is 9. The van der Waals surface area contributed by atoms with Crippen molar-refractivity contribution in [3.63, 3.8) is 0 Å². The summed E-state index contributed by atoms with van der Waals surface area (Å²) >= 11 is 0. The molecule has 21 heavy (non-hydrogen) atoms. The van der Waals surface area contributed by atoms with E-state index < -0.39 is 0 Å². The molecule has 0 saturated heterocycles. The third-order valence-corrected chi connectivity index (χ3v) is 3.86. The van der Waals surface area contributed by atoms with Gasteiger partial charge in [-0.1, -0.05) is 19.9 Å². The Balaban J connectivity index is 2.81. The molecule has 0 bridgehead atoms. The summed E-state index contributed by atoms with van der Waals surface area (Å²) in [5.41, 5.74) is 2.90. The largest absolute Gasteiger partial charge is 0.383 e. The zero-order valence-electron chi connectivity index (χ0n) is 13.6. The van der Waals surface area contributed by atoms with Crippen molar-refractivity contribution in [2.24, 2.45) is 0 Å². The molecule has 0 amide bonds. The molecule has 1 rings (SSSR count). The standard InChI is InChI=1S/C17H27N3O/c1-5-16(6-2)20(3)17-8-7-14(11-15(17)12-18)13-19-9-10-21-4/h7-8,11,16,19H,5-6,9-10,13H2,1-4H3. The van der Waals surface area contributed by atoms with Gasteiger partial charge in [0.05, 0.1) is 17.9 Å². The van der Waals surface area contributed by atoms with Gasteiger partial charge in [-0.3, -0.25) is 0 Å². The second-order valence-electron chi connectivity index (χ2n) is 5.21. The lowest BCUT2D eigenvalue weighted by molar-refractivity contribution is 0.199. The molecule has 1 N–H and O–H groups in total. The lowest BCUT2D eigenvalue weighted by Gasteiger charge is -2.29. The van der Waals surface area contributed by atoms with Crippen molar-refractivity contribution in [1.29, 1.82) is 5.26 Å². The van der Waals surface area contributed by atoms with E-state index in [0.29, 0.717) is 12.6 Å². The number of ether oxygens (including phenoxy) is 1. The lowest BCUT2D eigenvalue weighted by atomic mass is 10.1. The maximum absolute atomic E-state index is 9.41. The second-order valence-corrected chi connectivity index (χ2v) is 5.21. The normalized spacial score (nSPS) is 10.7. The van der Waals surface area contributed by atoms with Gasteiger partial charge in [-0.05, 0) is 30.5 Å². The molecule has 0 aliphatic heterocycles. The Labute approximate surface area is 128 Å². The smallest absolute Gasteiger partial charge is 0.101 e. The van der Waals surface area contributed by atoms with Gasteiger partial charge in [0.25, 0.3) is 0 Å². The minimum atomic E-state index is 0.475. The van der Waals surface area contributed by atoms with Gasteiger partial charge >= 0.3 is 0 Å². The zero-order valence-corrected chi connectivity index (χ0v) is 13.6. The van der Waals surface area contributed by atoms with E-state index in [1.807, 2.05) is 6.07 Å². The minimum absolute atomic E-state index is 0.475. The fourth-order valence-corrected chi connectivity index (χ4v) is 2.53. The number of benzene rings is 1. The first-order valence-corrected chi connectivity index (χ1v) is 7.63. The molecule has 116 valence electrons. The number of methoxy groups -OCH3 is 1. The van der Waals surface area contributed by atoms with Gasteiger partial charge in [0, 0.05) is 33.3 Å². The maximum atomic E-state index is 9.41. The van der Waals surface area contributed by atoms with Crippen molar-refractivity contribution >= 4 is 5.69 Å². The highest BCUT2D eigenvalue weighted by molar-refractivity contribution is 5.60. The second kappa shape index (κ2) is 9.38. The van der Waals surface area contributed by atoms with Crippen molar-refractivity contribution in [2.75, 3.05) is 32.2 Å². The van der Waals surface area contributed by atoms with Crippen LogP contribution in [0.2, 0.25) is 0 Å². The van der Waals surface area contributed by atoms with Crippen LogP contribution in [0.3, 0.4) is 0 Å². The van der Waals surface area contributed by atoms with E-state index >= 15 is 0 Å². The first kappa shape index (κ1) is 17.5. The summed E-state index contributed by atoms with van der Waals surface area (Å²) < 4.78 is 5.00. The van der Waals surface area contributed by atoms with Crippen LogP contribution in [0.4, 0.5) is 5.69 Å². The molecule has 4 nitrogen and oxygen atoms in total. The molecule has 0 aliphatic rings. The monoisotopic (exact) mass is 289 g/mol. The van der Waals surface area contributed by atoms with Crippen molar-refractivity contribution in [1.82, 2.24) is 5.32 Å². The first-order valence-electron chi connectivity index (χ1n) is 7.63. The van der Waals surface area contributed by atoms with Gasteiger partial charge in [-0.2, -0.15) is 5.26 Å². The number of nitrogens with one attached hydrogen (secondary N) is 1. The molecule has 0 heterocycles. The molecule has 0 unspecified atom stereocenters. The van der Waals surface area contributed by atoms with Gasteiger partial charge in [-0.15, -0.1) is 0 Å². The Bertz CT molecular complexity index is 464. The molecule has 0 fully saturated rings. The van der Waals surface area contributed by atoms with Gasteiger partial charge in [0.2, 0.25) is 0 Å². The third-order valence-electron chi connectivity index (χ3n) is 3.86. The van der Waals surface area contributed by atoms with Crippen molar-refractivity contribution in [3.8, 4) is 6.07 Å². The molecule has 0 spiro atoms. The van der Waals surface area contributed by atoms with E-state index in [2.05, 4.69) is 49.3 Å². The maximum Gasteiger partial charge on any atom is 0.101 e. The number of hydrogen-bond acceptors (Lipinski definition) is 4. The summed E-state index contributed by atoms with van der Waals surface area (Å²) in [6.07, 6.45) is 2.16. The molecule has 0 radical (unpaired) electrons. The number of nitriles is 1. The van der Waals surface area contributed by atoms with Crippen LogP contribution in [0.5, 0.6) is 0 Å². The predicted octanol–water partition coefficient (Wildman–Crippen LogP) is 2.92. The molecule has 4 heteroatoms. The molecule has 1 aromatic carbocycles. The van der Waals surface area contributed by atoms with Gasteiger partial charge in [-0.25, -0.2) is 0 Å². The highest BCUT2D eigenvalue weighted by atomic mass is 16.5. The summed E-state index contributed by atoms with van der Waals surface area (Å²) in [5.74, 6) is 0. The van der Waals surface area contributed by atoms with Gasteiger partial charge in [0.1, 0.15) is 6.07 Å². The third kappa shape index (κ3) is 5.04. The van der Waals surface area contributed by atoms with Crippen LogP contribution in [-0.2, 0) is 11.3 Å². The van der Waals surface area contributed by atoms with Crippen molar-refractivity contribution in [2.45, 2.75) is 39.3 Å². The van der Waals surface area contributed by atoms with Crippen LogP contribution in [0, 0.1) is 11.3 Å².